The third-order valence-electron chi connectivity index (χ3n) is 2.70. The second-order valence-corrected chi connectivity index (χ2v) is 4.85. The van der Waals surface area contributed by atoms with Crippen LogP contribution >= 0.6 is 0 Å². The Morgan fingerprint density at radius 2 is 1.00 bits per heavy atom. The van der Waals surface area contributed by atoms with Gasteiger partial charge in [0, 0.05) is 25.3 Å². The first kappa shape index (κ1) is 20.3. The molecule has 0 aliphatic rings. The first-order chi connectivity index (χ1) is 10.8. The van der Waals surface area contributed by atoms with Gasteiger partial charge < -0.3 is 38.6 Å². The highest BCUT2D eigenvalue weighted by Crippen LogP contribution is 1.96. The Morgan fingerprint density at radius 3 is 1.26 bits per heavy atom. The fourth-order valence-electron chi connectivity index (χ4n) is 1.78. The van der Waals surface area contributed by atoms with Crippen LogP contribution in [0.5, 0.6) is 0 Å². The highest BCUT2D eigenvalue weighted by Gasteiger charge is 2.14. The van der Waals surface area contributed by atoms with E-state index in [0.717, 1.165) is 0 Å². The number of nitrogens with zero attached hydrogens (tertiary/aromatic N) is 5. The number of hydrogen-bond acceptors (Lipinski definition) is 9. The Balaban J connectivity index is 4.81. The molecule has 12 nitrogen and oxygen atoms in total. The summed E-state index contributed by atoms with van der Waals surface area (Å²) in [5.41, 5.74) is 22.4. The fraction of sp³-hybridized carbons (Fsp3) is 0.545. The maximum absolute atomic E-state index is 8.65. The average molecular weight is 331 g/mol. The van der Waals surface area contributed by atoms with E-state index in [0.29, 0.717) is 25.3 Å². The van der Waals surface area contributed by atoms with Gasteiger partial charge in [-0.15, -0.1) is 0 Å². The zero-order valence-electron chi connectivity index (χ0n) is 12.8. The summed E-state index contributed by atoms with van der Waals surface area (Å²) < 4.78 is 0. The van der Waals surface area contributed by atoms with Gasteiger partial charge in [-0.1, -0.05) is 22.0 Å². The van der Waals surface area contributed by atoms with E-state index >= 15 is 0 Å². The molecular weight excluding hydrogens is 306 g/mol. The van der Waals surface area contributed by atoms with Gasteiger partial charge in [0.25, 0.3) is 0 Å². The smallest absolute Gasteiger partial charge is 0.153 e. The molecule has 0 aromatic carbocycles. The largest absolute Gasteiger partial charge is 0.409 e. The van der Waals surface area contributed by atoms with Gasteiger partial charge in [-0.05, 0) is 0 Å². The van der Waals surface area contributed by atoms with E-state index in [9.17, 15) is 0 Å². The van der Waals surface area contributed by atoms with E-state index < -0.39 is 0 Å². The standard InChI is InChI=1S/C11H25N9O3/c1-8(12)4-19(5-9(13)16-21)2-3-20(6-10(14)17-22)7-11(15)18-23/h21-23H,1-7,12H2,(H2,13,16)(H2,14,17)(H2,15,18). The summed E-state index contributed by atoms with van der Waals surface area (Å²) in [5.74, 6) is -0.0328. The first-order valence-corrected chi connectivity index (χ1v) is 6.59. The van der Waals surface area contributed by atoms with Gasteiger partial charge in [-0.2, -0.15) is 0 Å². The molecule has 0 aromatic rings. The SMILES string of the molecule is C=C(N)CN(CCN(C/C(N)=N\O)C/C(N)=N\O)C/C(N)=N/O. The molecule has 12 heteroatoms. The van der Waals surface area contributed by atoms with Crippen molar-refractivity contribution in [1.29, 1.82) is 0 Å². The molecule has 0 radical (unpaired) electrons. The molecule has 23 heavy (non-hydrogen) atoms. The summed E-state index contributed by atoms with van der Waals surface area (Å²) in [7, 11) is 0. The quantitative estimate of drug-likeness (QED) is 0.0907. The maximum atomic E-state index is 8.65. The number of amidine groups is 3. The van der Waals surface area contributed by atoms with Crippen molar-refractivity contribution in [2.75, 3.05) is 39.3 Å². The fourth-order valence-corrected chi connectivity index (χ4v) is 1.78. The highest BCUT2D eigenvalue weighted by molar-refractivity contribution is 5.84. The topological polar surface area (TPSA) is 208 Å². The van der Waals surface area contributed by atoms with Crippen LogP contribution in [0.3, 0.4) is 0 Å². The van der Waals surface area contributed by atoms with Gasteiger partial charge in [0.1, 0.15) is 0 Å². The summed E-state index contributed by atoms with van der Waals surface area (Å²) in [6, 6.07) is 0. The minimum atomic E-state index is -0.0260. The molecule has 0 heterocycles. The van der Waals surface area contributed by atoms with Crippen molar-refractivity contribution in [3.05, 3.63) is 12.3 Å². The van der Waals surface area contributed by atoms with Crippen molar-refractivity contribution in [2.45, 2.75) is 0 Å². The molecule has 0 atom stereocenters. The van der Waals surface area contributed by atoms with Crippen LogP contribution in [0.2, 0.25) is 0 Å². The molecule has 0 fully saturated rings. The number of oxime groups is 3. The lowest BCUT2D eigenvalue weighted by atomic mass is 10.3. The highest BCUT2D eigenvalue weighted by atomic mass is 16.4. The molecular formula is C11H25N9O3. The van der Waals surface area contributed by atoms with Gasteiger partial charge in [0.05, 0.1) is 19.6 Å². The molecule has 0 aromatic heterocycles. The minimum Gasteiger partial charge on any atom is -0.409 e. The van der Waals surface area contributed by atoms with E-state index in [1.807, 2.05) is 0 Å². The predicted molar refractivity (Wildman–Crippen MR) is 86.4 cm³/mol. The van der Waals surface area contributed by atoms with Crippen molar-refractivity contribution >= 4 is 17.5 Å². The van der Waals surface area contributed by atoms with Crippen LogP contribution in [0.1, 0.15) is 0 Å². The van der Waals surface area contributed by atoms with Gasteiger partial charge >= 0.3 is 0 Å². The van der Waals surface area contributed by atoms with E-state index in [2.05, 4.69) is 22.0 Å². The second-order valence-electron chi connectivity index (χ2n) is 4.85. The summed E-state index contributed by atoms with van der Waals surface area (Å²) in [5, 5.41) is 34.6. The molecule has 0 saturated heterocycles. The maximum Gasteiger partial charge on any atom is 0.153 e. The Morgan fingerprint density at radius 1 is 0.696 bits per heavy atom. The first-order valence-electron chi connectivity index (χ1n) is 6.59. The van der Waals surface area contributed by atoms with Crippen molar-refractivity contribution in [3.8, 4) is 0 Å². The molecule has 0 aliphatic heterocycles. The molecule has 11 N–H and O–H groups in total. The van der Waals surface area contributed by atoms with Crippen molar-refractivity contribution < 1.29 is 15.6 Å². The van der Waals surface area contributed by atoms with E-state index in [-0.39, 0.29) is 37.1 Å². The van der Waals surface area contributed by atoms with Gasteiger partial charge in [-0.3, -0.25) is 9.80 Å². The van der Waals surface area contributed by atoms with E-state index in [4.69, 9.17) is 38.6 Å². The van der Waals surface area contributed by atoms with E-state index in [1.165, 1.54) is 0 Å². The third kappa shape index (κ3) is 9.76. The van der Waals surface area contributed by atoms with Crippen LogP contribution in [-0.4, -0.2) is 82.2 Å². The molecule has 0 rings (SSSR count). The molecule has 0 saturated carbocycles. The Bertz CT molecular complexity index is 444. The number of rotatable bonds is 11. The van der Waals surface area contributed by atoms with Crippen LogP contribution in [0.25, 0.3) is 0 Å². The zero-order valence-corrected chi connectivity index (χ0v) is 12.8. The summed E-state index contributed by atoms with van der Waals surface area (Å²) in [6.07, 6.45) is 0. The predicted octanol–water partition coefficient (Wildman–Crippen LogP) is -2.70. The Kier molecular flexibility index (Phi) is 9.62. The lowest BCUT2D eigenvalue weighted by Gasteiger charge is -2.26. The van der Waals surface area contributed by atoms with Crippen molar-refractivity contribution in [1.82, 2.24) is 9.80 Å². The van der Waals surface area contributed by atoms with Crippen LogP contribution in [-0.2, 0) is 0 Å². The molecule has 0 amide bonds. The lowest BCUT2D eigenvalue weighted by molar-refractivity contribution is 0.251. The molecule has 0 aliphatic carbocycles. The molecule has 132 valence electrons. The molecule has 0 spiro atoms. The van der Waals surface area contributed by atoms with Crippen molar-refractivity contribution in [3.63, 3.8) is 0 Å². The molecule has 0 bridgehead atoms. The van der Waals surface area contributed by atoms with Crippen LogP contribution in [0.15, 0.2) is 27.7 Å². The minimum absolute atomic E-state index is 0.0191. The number of hydrogen-bond donors (Lipinski definition) is 7. The molecule has 0 unspecified atom stereocenters. The third-order valence-corrected chi connectivity index (χ3v) is 2.70. The monoisotopic (exact) mass is 331 g/mol. The second kappa shape index (κ2) is 10.9. The van der Waals surface area contributed by atoms with Gasteiger partial charge in [0.15, 0.2) is 17.5 Å². The van der Waals surface area contributed by atoms with Crippen LogP contribution in [0.4, 0.5) is 0 Å². The zero-order chi connectivity index (χ0) is 17.8. The normalized spacial score (nSPS) is 13.7. The summed E-state index contributed by atoms with van der Waals surface area (Å²) in [6.45, 7) is 5.16. The summed E-state index contributed by atoms with van der Waals surface area (Å²) in [4.78, 5) is 3.46. The average Bonchev–Trinajstić information content (AvgIpc) is 2.51. The number of nitrogens with two attached hydrogens (primary N) is 4. The van der Waals surface area contributed by atoms with Crippen LogP contribution < -0.4 is 22.9 Å². The summed E-state index contributed by atoms with van der Waals surface area (Å²) >= 11 is 0. The van der Waals surface area contributed by atoms with Crippen molar-refractivity contribution in [2.24, 2.45) is 38.4 Å². The van der Waals surface area contributed by atoms with E-state index in [1.54, 1.807) is 9.80 Å². The lowest BCUT2D eigenvalue weighted by Crippen LogP contribution is -2.45. The van der Waals surface area contributed by atoms with Crippen LogP contribution in [0, 0.1) is 0 Å². The Hall–Kier alpha value is -2.73. The van der Waals surface area contributed by atoms with Gasteiger partial charge in [0.2, 0.25) is 0 Å². The van der Waals surface area contributed by atoms with Gasteiger partial charge in [-0.25, -0.2) is 0 Å². The Labute approximate surface area is 134 Å².